The normalized spacial score (nSPS) is 24.7. The molecule has 0 radical (unpaired) electrons. The fourth-order valence-electron chi connectivity index (χ4n) is 1.91. The molecule has 0 aliphatic carbocycles. The monoisotopic (exact) mass is 213 g/mol. The number of rotatable bonds is 2. The Labute approximate surface area is 97.6 Å². The van der Waals surface area contributed by atoms with Gasteiger partial charge in [-0.05, 0) is 38.8 Å². The smallest absolute Gasteiger partial charge is 0.0116 e. The second-order valence-corrected chi connectivity index (χ2v) is 3.92. The number of hydrogen-bond donors (Lipinski definition) is 0. The zero-order valence-electron chi connectivity index (χ0n) is 11.7. The molecule has 0 N–H and O–H groups in total. The predicted octanol–water partition coefficient (Wildman–Crippen LogP) is 4.35. The minimum absolute atomic E-state index is 0.866. The van der Waals surface area contributed by atoms with Crippen molar-refractivity contribution in [3.05, 3.63) is 12.7 Å². The van der Waals surface area contributed by atoms with Gasteiger partial charge in [0.15, 0.2) is 0 Å². The highest BCUT2D eigenvalue weighted by Gasteiger charge is 2.25. The summed E-state index contributed by atoms with van der Waals surface area (Å²) in [5.74, 6) is 0.931. The first-order chi connectivity index (χ1) is 7.17. The lowest BCUT2D eigenvalue weighted by Crippen LogP contribution is -2.27. The topological polar surface area (TPSA) is 3.24 Å². The minimum atomic E-state index is 0.866. The van der Waals surface area contributed by atoms with Crippen molar-refractivity contribution in [1.29, 1.82) is 0 Å². The third-order valence-corrected chi connectivity index (χ3v) is 2.87. The molecule has 2 unspecified atom stereocenters. The van der Waals surface area contributed by atoms with Crippen LogP contribution in [0.1, 0.15) is 53.9 Å². The summed E-state index contributed by atoms with van der Waals surface area (Å²) in [4.78, 5) is 2.48. The summed E-state index contributed by atoms with van der Waals surface area (Å²) < 4.78 is 0. The summed E-state index contributed by atoms with van der Waals surface area (Å²) in [5.41, 5.74) is 0. The summed E-state index contributed by atoms with van der Waals surface area (Å²) in [6.45, 7) is 15.5. The average molecular weight is 213 g/mol. The van der Waals surface area contributed by atoms with Gasteiger partial charge in [-0.2, -0.15) is 0 Å². The van der Waals surface area contributed by atoms with Crippen molar-refractivity contribution >= 4 is 0 Å². The van der Waals surface area contributed by atoms with Gasteiger partial charge in [0.05, 0.1) is 0 Å². The number of hydrogen-bond acceptors (Lipinski definition) is 1. The van der Waals surface area contributed by atoms with E-state index in [9.17, 15) is 0 Å². The Kier molecular flexibility index (Phi) is 13.4. The lowest BCUT2D eigenvalue weighted by Gasteiger charge is -2.20. The van der Waals surface area contributed by atoms with Gasteiger partial charge < -0.3 is 4.90 Å². The van der Waals surface area contributed by atoms with Gasteiger partial charge >= 0.3 is 0 Å². The Balaban J connectivity index is 0. The maximum absolute atomic E-state index is 3.48. The molecule has 1 heterocycles. The molecular weight excluding hydrogens is 182 g/mol. The van der Waals surface area contributed by atoms with Crippen LogP contribution in [0.4, 0.5) is 0 Å². The van der Waals surface area contributed by atoms with Crippen molar-refractivity contribution in [2.75, 3.05) is 13.6 Å². The maximum atomic E-state index is 3.48. The molecule has 0 aromatic carbocycles. The van der Waals surface area contributed by atoms with Crippen molar-refractivity contribution in [1.82, 2.24) is 4.90 Å². The van der Waals surface area contributed by atoms with E-state index in [-0.39, 0.29) is 0 Å². The molecule has 15 heavy (non-hydrogen) atoms. The van der Waals surface area contributed by atoms with Crippen LogP contribution in [0.5, 0.6) is 0 Å². The van der Waals surface area contributed by atoms with Crippen LogP contribution in [0.2, 0.25) is 0 Å². The summed E-state index contributed by atoms with van der Waals surface area (Å²) in [6, 6.07) is 0.866. The molecule has 1 saturated heterocycles. The largest absolute Gasteiger partial charge is 0.303 e. The Bertz CT molecular complexity index is 121. The van der Waals surface area contributed by atoms with Gasteiger partial charge in [-0.25, -0.2) is 0 Å². The molecule has 1 aliphatic rings. The predicted molar refractivity (Wildman–Crippen MR) is 72.3 cm³/mol. The highest BCUT2D eigenvalue weighted by molar-refractivity contribution is 4.80. The highest BCUT2D eigenvalue weighted by atomic mass is 15.1. The standard InChI is InChI=1S/C8H17N.C4H8.C2H6/c1-4-8-7(2)5-6-9(8)3;1-3-4-2;1-2/h7-8H,4-6H2,1-3H3;3H,1,4H2,2H3;1-2H3. The van der Waals surface area contributed by atoms with Gasteiger partial charge in [-0.3, -0.25) is 0 Å². The molecule has 0 amide bonds. The average Bonchev–Trinajstić information content (AvgIpc) is 2.61. The lowest BCUT2D eigenvalue weighted by molar-refractivity contribution is 0.272. The van der Waals surface area contributed by atoms with Gasteiger partial charge in [0, 0.05) is 6.04 Å². The number of likely N-dealkylation sites (tertiary alicyclic amines) is 1. The summed E-state index contributed by atoms with van der Waals surface area (Å²) in [5, 5.41) is 0. The van der Waals surface area contributed by atoms with E-state index in [4.69, 9.17) is 0 Å². The second kappa shape index (κ2) is 11.8. The number of nitrogens with zero attached hydrogens (tertiary/aromatic N) is 1. The molecule has 0 bridgehead atoms. The highest BCUT2D eigenvalue weighted by Crippen LogP contribution is 2.23. The van der Waals surface area contributed by atoms with Crippen LogP contribution >= 0.6 is 0 Å². The Morgan fingerprint density at radius 2 is 1.80 bits per heavy atom. The van der Waals surface area contributed by atoms with Gasteiger partial charge in [0.1, 0.15) is 0 Å². The molecule has 0 spiro atoms. The lowest BCUT2D eigenvalue weighted by atomic mass is 10.0. The van der Waals surface area contributed by atoms with E-state index in [1.165, 1.54) is 19.4 Å². The second-order valence-electron chi connectivity index (χ2n) is 3.92. The molecular formula is C14H31N. The molecule has 1 heteroatoms. The molecule has 92 valence electrons. The van der Waals surface area contributed by atoms with E-state index in [1.54, 1.807) is 0 Å². The van der Waals surface area contributed by atoms with Crippen molar-refractivity contribution in [3.63, 3.8) is 0 Å². The first kappa shape index (κ1) is 17.1. The van der Waals surface area contributed by atoms with Crippen LogP contribution < -0.4 is 0 Å². The zero-order valence-corrected chi connectivity index (χ0v) is 11.7. The van der Waals surface area contributed by atoms with Crippen LogP contribution in [0.25, 0.3) is 0 Å². The van der Waals surface area contributed by atoms with Crippen LogP contribution in [-0.2, 0) is 0 Å². The fourth-order valence-corrected chi connectivity index (χ4v) is 1.91. The molecule has 1 nitrogen and oxygen atoms in total. The van der Waals surface area contributed by atoms with Crippen molar-refractivity contribution in [3.8, 4) is 0 Å². The van der Waals surface area contributed by atoms with Gasteiger partial charge in [-0.1, -0.05) is 40.7 Å². The minimum Gasteiger partial charge on any atom is -0.303 e. The van der Waals surface area contributed by atoms with Gasteiger partial charge in [0.2, 0.25) is 0 Å². The van der Waals surface area contributed by atoms with Crippen molar-refractivity contribution in [2.45, 2.75) is 59.9 Å². The first-order valence-electron chi connectivity index (χ1n) is 6.48. The Morgan fingerprint density at radius 3 is 1.93 bits per heavy atom. The molecule has 1 rings (SSSR count). The zero-order chi connectivity index (χ0) is 12.3. The summed E-state index contributed by atoms with van der Waals surface area (Å²) in [7, 11) is 2.23. The molecule has 1 aliphatic heterocycles. The quantitative estimate of drug-likeness (QED) is 0.617. The molecule has 2 atom stereocenters. The SMILES string of the molecule is C=CCC.CC.CCC1C(C)CCN1C. The van der Waals surface area contributed by atoms with E-state index in [0.29, 0.717) is 0 Å². The van der Waals surface area contributed by atoms with E-state index in [1.807, 2.05) is 19.9 Å². The first-order valence-corrected chi connectivity index (χ1v) is 6.48. The van der Waals surface area contributed by atoms with Crippen molar-refractivity contribution in [2.24, 2.45) is 5.92 Å². The third-order valence-electron chi connectivity index (χ3n) is 2.87. The van der Waals surface area contributed by atoms with Crippen molar-refractivity contribution < 1.29 is 0 Å². The number of allylic oxidation sites excluding steroid dienone is 1. The molecule has 1 fully saturated rings. The third kappa shape index (κ3) is 7.61. The van der Waals surface area contributed by atoms with Gasteiger partial charge in [-0.15, -0.1) is 6.58 Å². The summed E-state index contributed by atoms with van der Waals surface area (Å²) >= 11 is 0. The van der Waals surface area contributed by atoms with E-state index < -0.39 is 0 Å². The Hall–Kier alpha value is -0.300. The van der Waals surface area contributed by atoms with Crippen LogP contribution in [-0.4, -0.2) is 24.5 Å². The van der Waals surface area contributed by atoms with Crippen LogP contribution in [0, 0.1) is 5.92 Å². The maximum Gasteiger partial charge on any atom is 0.0116 e. The van der Waals surface area contributed by atoms with Crippen LogP contribution in [0.15, 0.2) is 12.7 Å². The molecule has 0 aromatic rings. The van der Waals surface area contributed by atoms with Gasteiger partial charge in [0.25, 0.3) is 0 Å². The Morgan fingerprint density at radius 1 is 1.33 bits per heavy atom. The van der Waals surface area contributed by atoms with E-state index in [2.05, 4.69) is 39.3 Å². The fraction of sp³-hybridized carbons (Fsp3) is 0.857. The molecule has 0 saturated carbocycles. The van der Waals surface area contributed by atoms with E-state index >= 15 is 0 Å². The van der Waals surface area contributed by atoms with Crippen LogP contribution in [0.3, 0.4) is 0 Å². The van der Waals surface area contributed by atoms with E-state index in [0.717, 1.165) is 18.4 Å². The summed E-state index contributed by atoms with van der Waals surface area (Å²) in [6.07, 6.45) is 5.67. The molecule has 0 aromatic heterocycles.